The second kappa shape index (κ2) is 4.80. The molecule has 4 heteroatoms. The van der Waals surface area contributed by atoms with Gasteiger partial charge in [0.05, 0.1) is 4.88 Å². The number of thiophene rings is 1. The van der Waals surface area contributed by atoms with Crippen molar-refractivity contribution in [2.75, 3.05) is 0 Å². The molecule has 2 aromatic rings. The highest BCUT2D eigenvalue weighted by Crippen LogP contribution is 2.20. The molecule has 2 rings (SSSR count). The summed E-state index contributed by atoms with van der Waals surface area (Å²) >= 11 is 4.74. The number of furan rings is 1. The molecule has 0 aliphatic carbocycles. The van der Waals surface area contributed by atoms with Gasteiger partial charge in [-0.3, -0.25) is 4.79 Å². The summed E-state index contributed by atoms with van der Waals surface area (Å²) in [4.78, 5) is 12.4. The molecule has 0 saturated carbocycles. The molecular weight excluding hydrogens is 288 g/mol. The van der Waals surface area contributed by atoms with Crippen molar-refractivity contribution >= 4 is 39.1 Å². The predicted molar refractivity (Wildman–Crippen MR) is 68.8 cm³/mol. The molecule has 2 aromatic heterocycles. The van der Waals surface area contributed by atoms with E-state index in [0.717, 1.165) is 10.2 Å². The van der Waals surface area contributed by atoms with E-state index in [1.54, 1.807) is 6.08 Å². The van der Waals surface area contributed by atoms with E-state index in [1.165, 1.54) is 17.4 Å². The Kier molecular flexibility index (Phi) is 3.41. The first kappa shape index (κ1) is 11.4. The lowest BCUT2D eigenvalue weighted by Gasteiger charge is -1.87. The molecule has 0 fully saturated rings. The number of carbonyl (C=O) groups excluding carboxylic acids is 1. The Balaban J connectivity index is 2.10. The highest BCUT2D eigenvalue weighted by Gasteiger charge is 2.04. The average molecular weight is 297 g/mol. The second-order valence-electron chi connectivity index (χ2n) is 3.28. The Morgan fingerprint density at radius 1 is 1.50 bits per heavy atom. The van der Waals surface area contributed by atoms with Crippen molar-refractivity contribution in [3.63, 3.8) is 0 Å². The van der Waals surface area contributed by atoms with Gasteiger partial charge in [-0.2, -0.15) is 0 Å². The van der Waals surface area contributed by atoms with Crippen molar-refractivity contribution in [3.8, 4) is 0 Å². The normalized spacial score (nSPS) is 11.1. The molecule has 0 aliphatic rings. The van der Waals surface area contributed by atoms with Gasteiger partial charge in [0.25, 0.3) is 0 Å². The Morgan fingerprint density at radius 2 is 2.31 bits per heavy atom. The summed E-state index contributed by atoms with van der Waals surface area (Å²) in [5, 5.41) is 1.89. The molecule has 82 valence electrons. The largest absolute Gasteiger partial charge is 0.462 e. The standard InChI is InChI=1S/C12H9BrO2S/c1-8-2-3-10(15-8)4-5-11(14)12-6-9(13)7-16-12/h2-7H,1H3/b5-4+. The molecule has 0 bridgehead atoms. The van der Waals surface area contributed by atoms with E-state index in [0.29, 0.717) is 10.6 Å². The molecule has 0 unspecified atom stereocenters. The van der Waals surface area contributed by atoms with Crippen LogP contribution in [0.4, 0.5) is 0 Å². The number of rotatable bonds is 3. The van der Waals surface area contributed by atoms with Gasteiger partial charge in [-0.05, 0) is 53.2 Å². The summed E-state index contributed by atoms with van der Waals surface area (Å²) in [5.41, 5.74) is 0. The van der Waals surface area contributed by atoms with E-state index in [-0.39, 0.29) is 5.78 Å². The number of halogens is 1. The number of carbonyl (C=O) groups is 1. The fourth-order valence-electron chi connectivity index (χ4n) is 1.23. The smallest absolute Gasteiger partial charge is 0.195 e. The fourth-order valence-corrected chi connectivity index (χ4v) is 2.57. The molecule has 0 N–H and O–H groups in total. The van der Waals surface area contributed by atoms with Gasteiger partial charge < -0.3 is 4.42 Å². The molecule has 0 aromatic carbocycles. The molecular formula is C12H9BrO2S. The van der Waals surface area contributed by atoms with Crippen LogP contribution in [0, 0.1) is 6.92 Å². The van der Waals surface area contributed by atoms with Crippen molar-refractivity contribution in [3.05, 3.63) is 50.5 Å². The van der Waals surface area contributed by atoms with Crippen molar-refractivity contribution in [1.29, 1.82) is 0 Å². The molecule has 0 atom stereocenters. The first-order valence-corrected chi connectivity index (χ1v) is 6.35. The van der Waals surface area contributed by atoms with Crippen LogP contribution in [0.5, 0.6) is 0 Å². The molecule has 0 amide bonds. The van der Waals surface area contributed by atoms with Crippen LogP contribution in [0.15, 0.2) is 38.5 Å². The summed E-state index contributed by atoms with van der Waals surface area (Å²) < 4.78 is 6.26. The molecule has 0 saturated heterocycles. The monoisotopic (exact) mass is 296 g/mol. The zero-order chi connectivity index (χ0) is 11.5. The maximum Gasteiger partial charge on any atom is 0.195 e. The maximum absolute atomic E-state index is 11.7. The van der Waals surface area contributed by atoms with Gasteiger partial charge in [-0.1, -0.05) is 0 Å². The number of aryl methyl sites for hydroxylation is 1. The summed E-state index contributed by atoms with van der Waals surface area (Å²) in [5.74, 6) is 1.53. The lowest BCUT2D eigenvalue weighted by molar-refractivity contribution is 0.105. The molecule has 0 spiro atoms. The third-order valence-corrected chi connectivity index (χ3v) is 3.68. The lowest BCUT2D eigenvalue weighted by atomic mass is 10.3. The lowest BCUT2D eigenvalue weighted by Crippen LogP contribution is -1.88. The highest BCUT2D eigenvalue weighted by atomic mass is 79.9. The number of hydrogen-bond donors (Lipinski definition) is 0. The van der Waals surface area contributed by atoms with Crippen molar-refractivity contribution in [2.24, 2.45) is 0 Å². The first-order chi connectivity index (χ1) is 7.65. The van der Waals surface area contributed by atoms with Crippen molar-refractivity contribution in [2.45, 2.75) is 6.92 Å². The second-order valence-corrected chi connectivity index (χ2v) is 5.10. The number of ketones is 1. The topological polar surface area (TPSA) is 30.2 Å². The van der Waals surface area contributed by atoms with Crippen molar-refractivity contribution < 1.29 is 9.21 Å². The van der Waals surface area contributed by atoms with Gasteiger partial charge in [0.2, 0.25) is 0 Å². The van der Waals surface area contributed by atoms with E-state index in [4.69, 9.17) is 4.42 Å². The quantitative estimate of drug-likeness (QED) is 0.624. The van der Waals surface area contributed by atoms with E-state index in [1.807, 2.05) is 30.5 Å². The van der Waals surface area contributed by atoms with Gasteiger partial charge >= 0.3 is 0 Å². The van der Waals surface area contributed by atoms with Gasteiger partial charge in [0.1, 0.15) is 11.5 Å². The molecule has 2 nitrogen and oxygen atoms in total. The SMILES string of the molecule is Cc1ccc(/C=C/C(=O)c2cc(Br)cs2)o1. The van der Waals surface area contributed by atoms with Crippen LogP contribution >= 0.6 is 27.3 Å². The van der Waals surface area contributed by atoms with Crippen LogP contribution in [-0.4, -0.2) is 5.78 Å². The van der Waals surface area contributed by atoms with Crippen LogP contribution in [0.25, 0.3) is 6.08 Å². The minimum atomic E-state index is -0.00949. The van der Waals surface area contributed by atoms with E-state index in [2.05, 4.69) is 15.9 Å². The molecule has 0 aliphatic heterocycles. The van der Waals surface area contributed by atoms with Gasteiger partial charge in [0.15, 0.2) is 5.78 Å². The summed E-state index contributed by atoms with van der Waals surface area (Å²) in [7, 11) is 0. The number of hydrogen-bond acceptors (Lipinski definition) is 3. The summed E-state index contributed by atoms with van der Waals surface area (Å²) in [6.07, 6.45) is 3.21. The Labute approximate surface area is 106 Å². The van der Waals surface area contributed by atoms with Gasteiger partial charge in [-0.15, -0.1) is 11.3 Å². The van der Waals surface area contributed by atoms with Crippen LogP contribution < -0.4 is 0 Å². The Bertz CT molecular complexity index is 537. The molecule has 2 heterocycles. The van der Waals surface area contributed by atoms with Crippen LogP contribution in [0.3, 0.4) is 0 Å². The zero-order valence-electron chi connectivity index (χ0n) is 8.57. The summed E-state index contributed by atoms with van der Waals surface area (Å²) in [6, 6.07) is 5.51. The average Bonchev–Trinajstić information content (AvgIpc) is 2.84. The summed E-state index contributed by atoms with van der Waals surface area (Å²) in [6.45, 7) is 1.87. The predicted octanol–water partition coefficient (Wildman–Crippen LogP) is 4.31. The van der Waals surface area contributed by atoms with Crippen LogP contribution in [0.1, 0.15) is 21.2 Å². The van der Waals surface area contributed by atoms with Gasteiger partial charge in [-0.25, -0.2) is 0 Å². The highest BCUT2D eigenvalue weighted by molar-refractivity contribution is 9.10. The fraction of sp³-hybridized carbons (Fsp3) is 0.0833. The molecule has 0 radical (unpaired) electrons. The minimum Gasteiger partial charge on any atom is -0.462 e. The van der Waals surface area contributed by atoms with Gasteiger partial charge in [0, 0.05) is 9.85 Å². The van der Waals surface area contributed by atoms with Crippen LogP contribution in [-0.2, 0) is 0 Å². The Morgan fingerprint density at radius 3 is 2.88 bits per heavy atom. The van der Waals surface area contributed by atoms with E-state index >= 15 is 0 Å². The zero-order valence-corrected chi connectivity index (χ0v) is 11.0. The third kappa shape index (κ3) is 2.71. The van der Waals surface area contributed by atoms with E-state index < -0.39 is 0 Å². The van der Waals surface area contributed by atoms with Crippen molar-refractivity contribution in [1.82, 2.24) is 0 Å². The van der Waals surface area contributed by atoms with Crippen LogP contribution in [0.2, 0.25) is 0 Å². The minimum absolute atomic E-state index is 0.00949. The first-order valence-electron chi connectivity index (χ1n) is 4.68. The third-order valence-electron chi connectivity index (χ3n) is 1.97. The number of allylic oxidation sites excluding steroid dienone is 1. The maximum atomic E-state index is 11.7. The molecule has 16 heavy (non-hydrogen) atoms. The van der Waals surface area contributed by atoms with E-state index in [9.17, 15) is 4.79 Å². The Hall–Kier alpha value is -1.13.